The third-order valence-electron chi connectivity index (χ3n) is 4.32. The molecule has 0 saturated heterocycles. The summed E-state index contributed by atoms with van der Waals surface area (Å²) in [7, 11) is 0. The Morgan fingerprint density at radius 3 is 2.68 bits per heavy atom. The zero-order valence-electron chi connectivity index (χ0n) is 13.2. The molecule has 1 aliphatic rings. The summed E-state index contributed by atoms with van der Waals surface area (Å²) in [6, 6.07) is 11.8. The molecule has 0 unspecified atom stereocenters. The van der Waals surface area contributed by atoms with Gasteiger partial charge in [0.1, 0.15) is 0 Å². The first-order valence-corrected chi connectivity index (χ1v) is 8.77. The molecular weight excluding hydrogens is 338 g/mol. The van der Waals surface area contributed by atoms with Gasteiger partial charge in [-0.3, -0.25) is 14.6 Å². The van der Waals surface area contributed by atoms with Gasteiger partial charge in [0.05, 0.1) is 11.4 Å². The molecule has 2 N–H and O–H groups in total. The molecule has 0 aliphatic carbocycles. The van der Waals surface area contributed by atoms with E-state index in [1.807, 2.05) is 41.8 Å². The fourth-order valence-corrected chi connectivity index (χ4v) is 3.92. The van der Waals surface area contributed by atoms with Crippen molar-refractivity contribution in [2.24, 2.45) is 0 Å². The van der Waals surface area contributed by atoms with Crippen molar-refractivity contribution in [1.82, 2.24) is 14.9 Å². The fourth-order valence-electron chi connectivity index (χ4n) is 3.03. The summed E-state index contributed by atoms with van der Waals surface area (Å²) in [5, 5.41) is 1.97. The normalized spacial score (nSPS) is 13.5. The lowest BCUT2D eigenvalue weighted by Crippen LogP contribution is -2.41. The SMILES string of the molecule is O=C(c1cc(-c2ccccc2)cs1)N1CCc2c([nH]c(=O)[nH]c2=O)C1. The number of hydrogen-bond donors (Lipinski definition) is 2. The lowest BCUT2D eigenvalue weighted by Gasteiger charge is -2.27. The van der Waals surface area contributed by atoms with Gasteiger partial charge >= 0.3 is 5.69 Å². The number of nitrogens with one attached hydrogen (secondary N) is 2. The first-order chi connectivity index (χ1) is 12.1. The number of fused-ring (bicyclic) bond motifs is 1. The first kappa shape index (κ1) is 15.6. The zero-order chi connectivity index (χ0) is 17.4. The number of benzene rings is 1. The molecule has 7 heteroatoms. The van der Waals surface area contributed by atoms with Gasteiger partial charge in [0.15, 0.2) is 0 Å². The van der Waals surface area contributed by atoms with Crippen LogP contribution in [0.5, 0.6) is 0 Å². The Morgan fingerprint density at radius 1 is 1.08 bits per heavy atom. The monoisotopic (exact) mass is 353 g/mol. The highest BCUT2D eigenvalue weighted by atomic mass is 32.1. The quantitative estimate of drug-likeness (QED) is 0.739. The third kappa shape index (κ3) is 2.94. The highest BCUT2D eigenvalue weighted by Gasteiger charge is 2.25. The van der Waals surface area contributed by atoms with Crippen molar-refractivity contribution in [2.75, 3.05) is 6.54 Å². The van der Waals surface area contributed by atoms with Crippen molar-refractivity contribution >= 4 is 17.2 Å². The standard InChI is InChI=1S/C18H15N3O3S/c22-16-13-6-7-21(9-14(13)19-18(24)20-16)17(23)15-8-12(10-25-15)11-4-2-1-3-5-11/h1-5,8,10H,6-7,9H2,(H2,19,20,22,24). The van der Waals surface area contributed by atoms with Gasteiger partial charge in [0.2, 0.25) is 0 Å². The van der Waals surface area contributed by atoms with Crippen LogP contribution in [-0.2, 0) is 13.0 Å². The Bertz CT molecular complexity index is 1050. The van der Waals surface area contributed by atoms with E-state index in [0.717, 1.165) is 11.1 Å². The van der Waals surface area contributed by atoms with E-state index in [2.05, 4.69) is 9.97 Å². The second-order valence-corrected chi connectivity index (χ2v) is 6.82. The van der Waals surface area contributed by atoms with Gasteiger partial charge in [-0.2, -0.15) is 0 Å². The zero-order valence-corrected chi connectivity index (χ0v) is 14.1. The number of aromatic amines is 2. The maximum Gasteiger partial charge on any atom is 0.325 e. The van der Waals surface area contributed by atoms with Crippen LogP contribution in [0.3, 0.4) is 0 Å². The molecule has 1 amide bonds. The number of carbonyl (C=O) groups is 1. The topological polar surface area (TPSA) is 86.0 Å². The number of H-pyrrole nitrogens is 2. The molecule has 126 valence electrons. The molecule has 1 aromatic carbocycles. The smallest absolute Gasteiger partial charge is 0.325 e. The largest absolute Gasteiger partial charge is 0.332 e. The van der Waals surface area contributed by atoms with Crippen molar-refractivity contribution in [2.45, 2.75) is 13.0 Å². The first-order valence-electron chi connectivity index (χ1n) is 7.89. The van der Waals surface area contributed by atoms with E-state index in [-0.39, 0.29) is 18.0 Å². The Hall–Kier alpha value is -2.93. The predicted octanol–water partition coefficient (Wildman–Crippen LogP) is 1.99. The van der Waals surface area contributed by atoms with Crippen LogP contribution in [0.15, 0.2) is 51.4 Å². The van der Waals surface area contributed by atoms with E-state index >= 15 is 0 Å². The summed E-state index contributed by atoms with van der Waals surface area (Å²) in [5.41, 5.74) is 2.25. The number of nitrogens with zero attached hydrogens (tertiary/aromatic N) is 1. The maximum atomic E-state index is 12.8. The minimum Gasteiger partial charge on any atom is -0.332 e. The van der Waals surface area contributed by atoms with Gasteiger partial charge in [-0.25, -0.2) is 4.79 Å². The molecule has 0 radical (unpaired) electrons. The number of amides is 1. The lowest BCUT2D eigenvalue weighted by atomic mass is 10.1. The molecule has 3 aromatic rings. The molecule has 0 spiro atoms. The molecule has 0 atom stereocenters. The molecule has 0 bridgehead atoms. The van der Waals surface area contributed by atoms with Crippen molar-refractivity contribution in [1.29, 1.82) is 0 Å². The summed E-state index contributed by atoms with van der Waals surface area (Å²) in [5.74, 6) is -0.0843. The second-order valence-electron chi connectivity index (χ2n) is 5.91. The molecule has 3 heterocycles. The molecule has 25 heavy (non-hydrogen) atoms. The molecule has 1 aliphatic heterocycles. The second kappa shape index (κ2) is 6.18. The van der Waals surface area contributed by atoms with E-state index in [1.54, 1.807) is 4.90 Å². The number of carbonyl (C=O) groups excluding carboxylic acids is 1. The Morgan fingerprint density at radius 2 is 1.88 bits per heavy atom. The molecule has 6 nitrogen and oxygen atoms in total. The molecule has 2 aromatic heterocycles. The maximum absolute atomic E-state index is 12.8. The minimum atomic E-state index is -0.541. The van der Waals surface area contributed by atoms with Gasteiger partial charge in [-0.1, -0.05) is 30.3 Å². The molecule has 4 rings (SSSR count). The van der Waals surface area contributed by atoms with Crippen molar-refractivity contribution in [3.63, 3.8) is 0 Å². The van der Waals surface area contributed by atoms with Crippen LogP contribution < -0.4 is 11.2 Å². The van der Waals surface area contributed by atoms with Gasteiger partial charge in [0.25, 0.3) is 11.5 Å². The number of aromatic nitrogens is 2. The van der Waals surface area contributed by atoms with Crippen molar-refractivity contribution in [3.05, 3.63) is 78.8 Å². The summed E-state index contributed by atoms with van der Waals surface area (Å²) in [6.07, 6.45) is 0.435. The highest BCUT2D eigenvalue weighted by Crippen LogP contribution is 2.27. The van der Waals surface area contributed by atoms with Crippen molar-refractivity contribution < 1.29 is 4.79 Å². The highest BCUT2D eigenvalue weighted by molar-refractivity contribution is 7.12. The number of hydrogen-bond acceptors (Lipinski definition) is 4. The molecular formula is C18H15N3O3S. The van der Waals surface area contributed by atoms with Crippen LogP contribution in [0.2, 0.25) is 0 Å². The summed E-state index contributed by atoms with van der Waals surface area (Å²) in [6.45, 7) is 0.700. The van der Waals surface area contributed by atoms with E-state index in [1.165, 1.54) is 11.3 Å². The molecule has 0 saturated carbocycles. The van der Waals surface area contributed by atoms with Crippen LogP contribution >= 0.6 is 11.3 Å². The van der Waals surface area contributed by atoms with Gasteiger partial charge < -0.3 is 9.88 Å². The summed E-state index contributed by atoms with van der Waals surface area (Å²) < 4.78 is 0. The van der Waals surface area contributed by atoms with E-state index in [9.17, 15) is 14.4 Å². The Balaban J connectivity index is 1.59. The van der Waals surface area contributed by atoms with Crippen LogP contribution in [0.4, 0.5) is 0 Å². The summed E-state index contributed by atoms with van der Waals surface area (Å²) >= 11 is 1.40. The van der Waals surface area contributed by atoms with Crippen LogP contribution in [0.1, 0.15) is 20.9 Å². The Labute approximate surface area is 146 Å². The molecule has 0 fully saturated rings. The van der Waals surface area contributed by atoms with E-state index in [4.69, 9.17) is 0 Å². The lowest BCUT2D eigenvalue weighted by molar-refractivity contribution is 0.0736. The Kier molecular flexibility index (Phi) is 3.85. The minimum absolute atomic E-state index is 0.0843. The van der Waals surface area contributed by atoms with Gasteiger partial charge in [-0.05, 0) is 29.0 Å². The van der Waals surface area contributed by atoms with Gasteiger partial charge in [-0.15, -0.1) is 11.3 Å². The van der Waals surface area contributed by atoms with E-state index in [0.29, 0.717) is 29.1 Å². The average molecular weight is 353 g/mol. The number of thiophene rings is 1. The predicted molar refractivity (Wildman–Crippen MR) is 95.9 cm³/mol. The van der Waals surface area contributed by atoms with Crippen molar-refractivity contribution in [3.8, 4) is 11.1 Å². The third-order valence-corrected chi connectivity index (χ3v) is 5.23. The van der Waals surface area contributed by atoms with E-state index < -0.39 is 5.69 Å². The number of rotatable bonds is 2. The van der Waals surface area contributed by atoms with Crippen LogP contribution in [-0.4, -0.2) is 27.3 Å². The fraction of sp³-hybridized carbons (Fsp3) is 0.167. The van der Waals surface area contributed by atoms with Crippen LogP contribution in [0, 0.1) is 0 Å². The van der Waals surface area contributed by atoms with Gasteiger partial charge in [0, 0.05) is 17.8 Å². The average Bonchev–Trinajstić information content (AvgIpc) is 3.11. The summed E-state index contributed by atoms with van der Waals surface area (Å²) in [4.78, 5) is 43.2. The van der Waals surface area contributed by atoms with Crippen LogP contribution in [0.25, 0.3) is 11.1 Å².